The van der Waals surface area contributed by atoms with E-state index in [1.54, 1.807) is 18.2 Å². The number of hydrogen-bond donors (Lipinski definition) is 3. The Kier molecular flexibility index (Phi) is 6.71. The van der Waals surface area contributed by atoms with Gasteiger partial charge in [0.1, 0.15) is 0 Å². The molecule has 0 fully saturated rings. The van der Waals surface area contributed by atoms with Crippen molar-refractivity contribution in [2.24, 2.45) is 0 Å². The minimum absolute atomic E-state index is 0.00786. The Morgan fingerprint density at radius 3 is 2.43 bits per heavy atom. The summed E-state index contributed by atoms with van der Waals surface area (Å²) in [7, 11) is -2.33. The number of methoxy groups -OCH3 is 1. The highest BCUT2D eigenvalue weighted by molar-refractivity contribution is 7.89. The van der Waals surface area contributed by atoms with Crippen molar-refractivity contribution in [3.63, 3.8) is 0 Å². The van der Waals surface area contributed by atoms with Gasteiger partial charge in [0, 0.05) is 18.7 Å². The summed E-state index contributed by atoms with van der Waals surface area (Å²) in [5, 5.41) is 12.4. The molecule has 0 spiro atoms. The van der Waals surface area contributed by atoms with Gasteiger partial charge in [-0.2, -0.15) is 0 Å². The number of phenols is 1. The van der Waals surface area contributed by atoms with Gasteiger partial charge in [0.05, 0.1) is 12.0 Å². The molecule has 0 radical (unpaired) electrons. The van der Waals surface area contributed by atoms with Crippen LogP contribution in [0.1, 0.15) is 21.5 Å². The standard InChI is InChI=1S/C22H22N2O5S/c1-29-21-12-17(10-11-20(21)25)14-23-22(26)18-8-5-9-19(13-18)30(27,28)24-15-16-6-3-2-4-7-16/h2-13,24-25H,14-15H2,1H3,(H,23,26). The third kappa shape index (κ3) is 5.37. The summed E-state index contributed by atoms with van der Waals surface area (Å²) >= 11 is 0. The Morgan fingerprint density at radius 1 is 0.933 bits per heavy atom. The predicted molar refractivity (Wildman–Crippen MR) is 113 cm³/mol. The summed E-state index contributed by atoms with van der Waals surface area (Å²) in [5.41, 5.74) is 1.79. The van der Waals surface area contributed by atoms with Crippen LogP contribution in [-0.2, 0) is 23.1 Å². The molecule has 7 nitrogen and oxygen atoms in total. The molecule has 0 saturated carbocycles. The zero-order valence-corrected chi connectivity index (χ0v) is 17.1. The Balaban J connectivity index is 1.67. The molecule has 0 aliphatic heterocycles. The van der Waals surface area contributed by atoms with Crippen molar-refractivity contribution < 1.29 is 23.1 Å². The monoisotopic (exact) mass is 426 g/mol. The van der Waals surface area contributed by atoms with Gasteiger partial charge in [-0.3, -0.25) is 4.79 Å². The van der Waals surface area contributed by atoms with Gasteiger partial charge in [-0.15, -0.1) is 0 Å². The highest BCUT2D eigenvalue weighted by Gasteiger charge is 2.16. The SMILES string of the molecule is COc1cc(CNC(=O)c2cccc(S(=O)(=O)NCc3ccccc3)c2)ccc1O. The Morgan fingerprint density at radius 2 is 1.70 bits per heavy atom. The van der Waals surface area contributed by atoms with E-state index in [4.69, 9.17) is 4.74 Å². The number of benzene rings is 3. The molecule has 3 aromatic carbocycles. The van der Waals surface area contributed by atoms with Crippen LogP contribution >= 0.6 is 0 Å². The van der Waals surface area contributed by atoms with Gasteiger partial charge in [-0.25, -0.2) is 13.1 Å². The average molecular weight is 426 g/mol. The lowest BCUT2D eigenvalue weighted by Crippen LogP contribution is -2.25. The molecular formula is C22H22N2O5S. The van der Waals surface area contributed by atoms with Crippen molar-refractivity contribution in [1.82, 2.24) is 10.0 Å². The highest BCUT2D eigenvalue weighted by Crippen LogP contribution is 2.26. The second-order valence-corrected chi connectivity index (χ2v) is 8.29. The number of sulfonamides is 1. The van der Waals surface area contributed by atoms with E-state index in [0.29, 0.717) is 5.75 Å². The topological polar surface area (TPSA) is 105 Å². The summed E-state index contributed by atoms with van der Waals surface area (Å²) in [6.45, 7) is 0.348. The molecule has 30 heavy (non-hydrogen) atoms. The van der Waals surface area contributed by atoms with E-state index in [-0.39, 0.29) is 29.3 Å². The molecule has 0 aliphatic carbocycles. The molecule has 0 bridgehead atoms. The number of ether oxygens (including phenoxy) is 1. The molecule has 0 aliphatic rings. The normalized spacial score (nSPS) is 11.1. The van der Waals surface area contributed by atoms with Gasteiger partial charge < -0.3 is 15.2 Å². The van der Waals surface area contributed by atoms with Gasteiger partial charge >= 0.3 is 0 Å². The number of phenolic OH excluding ortho intramolecular Hbond substituents is 1. The van der Waals surface area contributed by atoms with Crippen LogP contribution in [0.25, 0.3) is 0 Å². The predicted octanol–water partition coefficient (Wildman–Crippen LogP) is 2.81. The smallest absolute Gasteiger partial charge is 0.251 e. The first-order valence-electron chi connectivity index (χ1n) is 9.17. The van der Waals surface area contributed by atoms with Crippen LogP contribution < -0.4 is 14.8 Å². The first kappa shape index (κ1) is 21.4. The van der Waals surface area contributed by atoms with E-state index in [2.05, 4.69) is 10.0 Å². The number of nitrogens with one attached hydrogen (secondary N) is 2. The zero-order valence-electron chi connectivity index (χ0n) is 16.3. The van der Waals surface area contributed by atoms with E-state index < -0.39 is 15.9 Å². The third-order valence-corrected chi connectivity index (χ3v) is 5.81. The first-order chi connectivity index (χ1) is 14.4. The van der Waals surface area contributed by atoms with Gasteiger partial charge in [-0.1, -0.05) is 42.5 Å². The molecule has 0 unspecified atom stereocenters. The Bertz CT molecular complexity index is 1130. The largest absolute Gasteiger partial charge is 0.504 e. The molecule has 3 rings (SSSR count). The maximum absolute atomic E-state index is 12.6. The summed E-state index contributed by atoms with van der Waals surface area (Å²) < 4.78 is 32.7. The van der Waals surface area contributed by atoms with Crippen molar-refractivity contribution in [2.75, 3.05) is 7.11 Å². The fraction of sp³-hybridized carbons (Fsp3) is 0.136. The van der Waals surface area contributed by atoms with Gasteiger partial charge in [0.2, 0.25) is 10.0 Å². The lowest BCUT2D eigenvalue weighted by molar-refractivity contribution is 0.0950. The van der Waals surface area contributed by atoms with Crippen LogP contribution in [0.4, 0.5) is 0 Å². The Hall–Kier alpha value is -3.36. The summed E-state index contributed by atoms with van der Waals surface area (Å²) in [5.74, 6) is -0.102. The van der Waals surface area contributed by atoms with E-state index >= 15 is 0 Å². The minimum Gasteiger partial charge on any atom is -0.504 e. The lowest BCUT2D eigenvalue weighted by atomic mass is 10.1. The average Bonchev–Trinajstić information content (AvgIpc) is 2.78. The fourth-order valence-electron chi connectivity index (χ4n) is 2.78. The number of carbonyl (C=O) groups excluding carboxylic acids is 1. The van der Waals surface area contributed by atoms with Crippen LogP contribution in [-0.4, -0.2) is 26.5 Å². The third-order valence-electron chi connectivity index (χ3n) is 4.41. The molecule has 0 aromatic heterocycles. The van der Waals surface area contributed by atoms with E-state index in [1.807, 2.05) is 30.3 Å². The van der Waals surface area contributed by atoms with Crippen LogP contribution in [0.2, 0.25) is 0 Å². The van der Waals surface area contributed by atoms with E-state index in [0.717, 1.165) is 11.1 Å². The molecule has 0 atom stereocenters. The minimum atomic E-state index is -3.77. The second-order valence-electron chi connectivity index (χ2n) is 6.53. The first-order valence-corrected chi connectivity index (χ1v) is 10.6. The maximum atomic E-state index is 12.6. The van der Waals surface area contributed by atoms with Crippen molar-refractivity contribution >= 4 is 15.9 Å². The van der Waals surface area contributed by atoms with Gasteiger partial charge in [-0.05, 0) is 41.5 Å². The quantitative estimate of drug-likeness (QED) is 0.514. The van der Waals surface area contributed by atoms with Crippen LogP contribution in [0.3, 0.4) is 0 Å². The van der Waals surface area contributed by atoms with Crippen LogP contribution in [0, 0.1) is 0 Å². The summed E-state index contributed by atoms with van der Waals surface area (Å²) in [4.78, 5) is 12.5. The zero-order chi connectivity index (χ0) is 21.6. The van der Waals surface area contributed by atoms with Gasteiger partial charge in [0.15, 0.2) is 11.5 Å². The fourth-order valence-corrected chi connectivity index (χ4v) is 3.84. The summed E-state index contributed by atoms with van der Waals surface area (Å²) in [6, 6.07) is 19.8. The molecular weight excluding hydrogens is 404 g/mol. The number of amides is 1. The molecule has 1 amide bonds. The molecule has 0 saturated heterocycles. The van der Waals surface area contributed by atoms with Gasteiger partial charge in [0.25, 0.3) is 5.91 Å². The second kappa shape index (κ2) is 9.43. The van der Waals surface area contributed by atoms with Crippen molar-refractivity contribution in [3.05, 3.63) is 89.5 Å². The van der Waals surface area contributed by atoms with E-state index in [1.165, 1.54) is 31.4 Å². The number of carbonyl (C=O) groups is 1. The molecule has 0 heterocycles. The number of aromatic hydroxyl groups is 1. The van der Waals surface area contributed by atoms with Crippen molar-refractivity contribution in [1.29, 1.82) is 0 Å². The van der Waals surface area contributed by atoms with Crippen LogP contribution in [0.5, 0.6) is 11.5 Å². The molecule has 3 N–H and O–H groups in total. The van der Waals surface area contributed by atoms with E-state index in [9.17, 15) is 18.3 Å². The Labute approximate surface area is 175 Å². The summed E-state index contributed by atoms with van der Waals surface area (Å²) in [6.07, 6.45) is 0. The highest BCUT2D eigenvalue weighted by atomic mass is 32.2. The van der Waals surface area contributed by atoms with Crippen molar-refractivity contribution in [2.45, 2.75) is 18.0 Å². The number of hydrogen-bond acceptors (Lipinski definition) is 5. The molecule has 3 aromatic rings. The van der Waals surface area contributed by atoms with Crippen molar-refractivity contribution in [3.8, 4) is 11.5 Å². The lowest BCUT2D eigenvalue weighted by Gasteiger charge is -2.10. The molecule has 8 heteroatoms. The molecule has 156 valence electrons. The maximum Gasteiger partial charge on any atom is 0.251 e. The number of rotatable bonds is 8. The van der Waals surface area contributed by atoms with Crippen LogP contribution in [0.15, 0.2) is 77.7 Å².